The molecule has 2 aromatic rings. The molecular formula is C18H19ClN4O3. The summed E-state index contributed by atoms with van der Waals surface area (Å²) in [5, 5.41) is 0.401. The molecule has 0 unspecified atom stereocenters. The molecule has 136 valence electrons. The highest BCUT2D eigenvalue weighted by Gasteiger charge is 2.47. The Kier molecular flexibility index (Phi) is 5.10. The van der Waals surface area contributed by atoms with Crippen LogP contribution < -0.4 is 0 Å². The van der Waals surface area contributed by atoms with E-state index in [2.05, 4.69) is 15.0 Å². The molecule has 1 amide bonds. The summed E-state index contributed by atoms with van der Waals surface area (Å²) in [6.45, 7) is 1.52. The number of carbonyl (C=O) groups excluding carboxylic acids is 1. The number of ether oxygens (including phenoxy) is 2. The summed E-state index contributed by atoms with van der Waals surface area (Å²) in [6, 6.07) is 5.68. The SMILES string of the molecule is O=C(c1ncc(Cl)cn1)N1C[C@H](OCc2ccccn2)[C@H]2OCCC[C@H]21. The van der Waals surface area contributed by atoms with Crippen molar-refractivity contribution in [3.8, 4) is 0 Å². The average Bonchev–Trinajstić information content (AvgIpc) is 3.06. The van der Waals surface area contributed by atoms with E-state index in [1.807, 2.05) is 18.2 Å². The number of aromatic nitrogens is 3. The van der Waals surface area contributed by atoms with E-state index in [-0.39, 0.29) is 30.0 Å². The van der Waals surface area contributed by atoms with E-state index in [0.29, 0.717) is 24.8 Å². The first kappa shape index (κ1) is 17.3. The number of rotatable bonds is 4. The van der Waals surface area contributed by atoms with E-state index >= 15 is 0 Å². The van der Waals surface area contributed by atoms with Crippen molar-refractivity contribution < 1.29 is 14.3 Å². The van der Waals surface area contributed by atoms with Gasteiger partial charge < -0.3 is 14.4 Å². The zero-order valence-corrected chi connectivity index (χ0v) is 14.9. The van der Waals surface area contributed by atoms with Gasteiger partial charge in [0.25, 0.3) is 5.91 Å². The lowest BCUT2D eigenvalue weighted by Gasteiger charge is -2.31. The van der Waals surface area contributed by atoms with Gasteiger partial charge in [0.05, 0.1) is 29.9 Å². The smallest absolute Gasteiger partial charge is 0.292 e. The molecule has 2 fully saturated rings. The van der Waals surface area contributed by atoms with Crippen LogP contribution >= 0.6 is 11.6 Å². The summed E-state index contributed by atoms with van der Waals surface area (Å²) in [4.78, 5) is 27.0. The molecule has 4 rings (SSSR count). The second kappa shape index (κ2) is 7.65. The highest BCUT2D eigenvalue weighted by molar-refractivity contribution is 6.30. The molecule has 2 aromatic heterocycles. The number of halogens is 1. The topological polar surface area (TPSA) is 77.4 Å². The Hall–Kier alpha value is -2.09. The Labute approximate surface area is 156 Å². The zero-order valence-electron chi connectivity index (χ0n) is 14.1. The maximum absolute atomic E-state index is 12.9. The summed E-state index contributed by atoms with van der Waals surface area (Å²) in [5.41, 5.74) is 0.852. The van der Waals surface area contributed by atoms with E-state index in [4.69, 9.17) is 21.1 Å². The minimum Gasteiger partial charge on any atom is -0.373 e. The third-order valence-electron chi connectivity index (χ3n) is 4.72. The van der Waals surface area contributed by atoms with Crippen molar-refractivity contribution in [2.75, 3.05) is 13.2 Å². The minimum absolute atomic E-state index is 0.0238. The first-order valence-electron chi connectivity index (χ1n) is 8.64. The van der Waals surface area contributed by atoms with Gasteiger partial charge in [0.2, 0.25) is 5.82 Å². The van der Waals surface area contributed by atoms with Gasteiger partial charge in [-0.2, -0.15) is 0 Å². The standard InChI is InChI=1S/C18H19ClN4O3/c19-12-8-21-17(22-9-12)18(24)23-10-15(16-14(23)5-3-7-25-16)26-11-13-4-1-2-6-20-13/h1-2,4,6,8-9,14-16H,3,5,7,10-11H2/t14-,15+,16+/m1/s1. The second-order valence-corrected chi connectivity index (χ2v) is 6.83. The predicted molar refractivity (Wildman–Crippen MR) is 93.7 cm³/mol. The highest BCUT2D eigenvalue weighted by atomic mass is 35.5. The van der Waals surface area contributed by atoms with Gasteiger partial charge in [0, 0.05) is 25.2 Å². The monoisotopic (exact) mass is 374 g/mol. The normalized spacial score (nSPS) is 25.1. The minimum atomic E-state index is -0.217. The fraction of sp³-hybridized carbons (Fsp3) is 0.444. The Morgan fingerprint density at radius 1 is 1.31 bits per heavy atom. The zero-order chi connectivity index (χ0) is 17.9. The van der Waals surface area contributed by atoms with Crippen LogP contribution in [0.25, 0.3) is 0 Å². The van der Waals surface area contributed by atoms with Crippen LogP contribution in [0.2, 0.25) is 5.02 Å². The first-order valence-corrected chi connectivity index (χ1v) is 9.02. The van der Waals surface area contributed by atoms with Gasteiger partial charge >= 0.3 is 0 Å². The summed E-state index contributed by atoms with van der Waals surface area (Å²) in [5.74, 6) is -0.0739. The molecular weight excluding hydrogens is 356 g/mol. The van der Waals surface area contributed by atoms with Crippen molar-refractivity contribution in [1.82, 2.24) is 19.9 Å². The summed E-state index contributed by atoms with van der Waals surface area (Å²) < 4.78 is 12.0. The van der Waals surface area contributed by atoms with Crippen LogP contribution in [0.5, 0.6) is 0 Å². The van der Waals surface area contributed by atoms with E-state index in [1.165, 1.54) is 12.4 Å². The molecule has 2 aliphatic rings. The Morgan fingerprint density at radius 3 is 2.92 bits per heavy atom. The molecule has 0 aliphatic carbocycles. The van der Waals surface area contributed by atoms with Crippen molar-refractivity contribution in [2.45, 2.75) is 37.7 Å². The van der Waals surface area contributed by atoms with E-state index in [1.54, 1.807) is 11.1 Å². The molecule has 0 aromatic carbocycles. The second-order valence-electron chi connectivity index (χ2n) is 6.40. The molecule has 0 N–H and O–H groups in total. The lowest BCUT2D eigenvalue weighted by Crippen LogP contribution is -2.44. The highest BCUT2D eigenvalue weighted by Crippen LogP contribution is 2.31. The quantitative estimate of drug-likeness (QED) is 0.815. The van der Waals surface area contributed by atoms with Crippen LogP contribution in [-0.2, 0) is 16.1 Å². The number of likely N-dealkylation sites (tertiary alicyclic amines) is 1. The molecule has 0 radical (unpaired) electrons. The maximum atomic E-state index is 12.9. The molecule has 2 saturated heterocycles. The number of amides is 1. The van der Waals surface area contributed by atoms with Crippen LogP contribution in [0.3, 0.4) is 0 Å². The third-order valence-corrected chi connectivity index (χ3v) is 4.92. The number of carbonyl (C=O) groups is 1. The molecule has 4 heterocycles. The average molecular weight is 375 g/mol. The van der Waals surface area contributed by atoms with Gasteiger partial charge in [-0.15, -0.1) is 0 Å². The third kappa shape index (κ3) is 3.56. The molecule has 0 spiro atoms. The van der Waals surface area contributed by atoms with Gasteiger partial charge in [0.1, 0.15) is 12.2 Å². The van der Waals surface area contributed by atoms with Crippen molar-refractivity contribution in [3.63, 3.8) is 0 Å². The number of hydrogen-bond acceptors (Lipinski definition) is 6. The molecule has 3 atom stereocenters. The largest absolute Gasteiger partial charge is 0.373 e. The lowest BCUT2D eigenvalue weighted by atomic mass is 10.0. The van der Waals surface area contributed by atoms with Gasteiger partial charge in [0.15, 0.2) is 0 Å². The number of pyridine rings is 1. The van der Waals surface area contributed by atoms with E-state index in [9.17, 15) is 4.79 Å². The van der Waals surface area contributed by atoms with Crippen LogP contribution in [-0.4, -0.2) is 57.2 Å². The number of nitrogens with zero attached hydrogens (tertiary/aromatic N) is 4. The summed E-state index contributed by atoms with van der Waals surface area (Å²) in [6.07, 6.45) is 6.07. The number of hydrogen-bond donors (Lipinski definition) is 0. The van der Waals surface area contributed by atoms with Gasteiger partial charge in [-0.3, -0.25) is 9.78 Å². The lowest BCUT2D eigenvalue weighted by molar-refractivity contribution is -0.0814. The van der Waals surface area contributed by atoms with Crippen molar-refractivity contribution in [1.29, 1.82) is 0 Å². The van der Waals surface area contributed by atoms with E-state index in [0.717, 1.165) is 18.5 Å². The first-order chi connectivity index (χ1) is 12.7. The fourth-order valence-electron chi connectivity index (χ4n) is 3.52. The Bertz CT molecular complexity index is 759. The summed E-state index contributed by atoms with van der Waals surface area (Å²) in [7, 11) is 0. The van der Waals surface area contributed by atoms with Crippen molar-refractivity contribution in [3.05, 3.63) is 53.3 Å². The molecule has 7 nitrogen and oxygen atoms in total. The molecule has 2 aliphatic heterocycles. The number of fused-ring (bicyclic) bond motifs is 1. The molecule has 8 heteroatoms. The van der Waals surface area contributed by atoms with Gasteiger partial charge in [-0.25, -0.2) is 9.97 Å². The Balaban J connectivity index is 1.49. The van der Waals surface area contributed by atoms with Crippen molar-refractivity contribution in [2.24, 2.45) is 0 Å². The van der Waals surface area contributed by atoms with Crippen LogP contribution in [0.1, 0.15) is 29.2 Å². The summed E-state index contributed by atoms with van der Waals surface area (Å²) >= 11 is 5.81. The molecule has 0 saturated carbocycles. The van der Waals surface area contributed by atoms with Crippen LogP contribution in [0, 0.1) is 0 Å². The molecule has 26 heavy (non-hydrogen) atoms. The van der Waals surface area contributed by atoms with Crippen molar-refractivity contribution >= 4 is 17.5 Å². The van der Waals surface area contributed by atoms with Crippen LogP contribution in [0.15, 0.2) is 36.8 Å². The Morgan fingerprint density at radius 2 is 2.15 bits per heavy atom. The van der Waals surface area contributed by atoms with E-state index < -0.39 is 0 Å². The van der Waals surface area contributed by atoms with Crippen LogP contribution in [0.4, 0.5) is 0 Å². The molecule has 0 bridgehead atoms. The fourth-order valence-corrected chi connectivity index (χ4v) is 3.61. The maximum Gasteiger partial charge on any atom is 0.292 e. The van der Waals surface area contributed by atoms with Gasteiger partial charge in [-0.05, 0) is 25.0 Å². The van der Waals surface area contributed by atoms with Gasteiger partial charge in [-0.1, -0.05) is 17.7 Å². The predicted octanol–water partition coefficient (Wildman–Crippen LogP) is 2.11.